The van der Waals surface area contributed by atoms with Gasteiger partial charge in [0, 0.05) is 18.2 Å². The molecule has 1 fully saturated rings. The Morgan fingerprint density at radius 1 is 1.29 bits per heavy atom. The van der Waals surface area contributed by atoms with Crippen molar-refractivity contribution in [1.29, 1.82) is 0 Å². The van der Waals surface area contributed by atoms with E-state index < -0.39 is 0 Å². The van der Waals surface area contributed by atoms with Gasteiger partial charge in [0.15, 0.2) is 0 Å². The summed E-state index contributed by atoms with van der Waals surface area (Å²) in [6.45, 7) is 5.72. The van der Waals surface area contributed by atoms with E-state index in [4.69, 9.17) is 9.15 Å². The second-order valence-corrected chi connectivity index (χ2v) is 6.06. The molecule has 0 amide bonds. The van der Waals surface area contributed by atoms with Crippen LogP contribution in [0.25, 0.3) is 0 Å². The maximum atomic E-state index is 5.92. The van der Waals surface area contributed by atoms with Crippen molar-refractivity contribution in [2.45, 2.75) is 51.8 Å². The number of furan rings is 1. The third kappa shape index (κ3) is 3.88. The van der Waals surface area contributed by atoms with Crippen LogP contribution < -0.4 is 10.1 Å². The van der Waals surface area contributed by atoms with Crippen molar-refractivity contribution in [3.63, 3.8) is 0 Å². The number of rotatable bonds is 7. The molecule has 3 nitrogen and oxygen atoms in total. The molecule has 21 heavy (non-hydrogen) atoms. The van der Waals surface area contributed by atoms with Gasteiger partial charge in [-0.15, -0.1) is 0 Å². The molecule has 0 unspecified atom stereocenters. The van der Waals surface area contributed by atoms with Gasteiger partial charge < -0.3 is 14.5 Å². The average molecular weight is 285 g/mol. The Hall–Kier alpha value is -1.74. The molecule has 0 spiro atoms. The van der Waals surface area contributed by atoms with Gasteiger partial charge in [-0.05, 0) is 36.5 Å². The number of para-hydroxylation sites is 1. The minimum Gasteiger partial charge on any atom is -0.485 e. The lowest BCUT2D eigenvalue weighted by Crippen LogP contribution is -2.14. The van der Waals surface area contributed by atoms with Crippen LogP contribution in [-0.4, -0.2) is 6.04 Å². The monoisotopic (exact) mass is 285 g/mol. The molecule has 0 bridgehead atoms. The highest BCUT2D eigenvalue weighted by Crippen LogP contribution is 2.27. The molecule has 1 aromatic carbocycles. The van der Waals surface area contributed by atoms with Gasteiger partial charge in [-0.3, -0.25) is 0 Å². The number of hydrogen-bond acceptors (Lipinski definition) is 3. The van der Waals surface area contributed by atoms with Crippen molar-refractivity contribution in [1.82, 2.24) is 5.32 Å². The third-order valence-electron chi connectivity index (χ3n) is 3.79. The van der Waals surface area contributed by atoms with Crippen LogP contribution in [0.2, 0.25) is 0 Å². The van der Waals surface area contributed by atoms with Crippen molar-refractivity contribution in [2.75, 3.05) is 0 Å². The molecule has 1 N–H and O–H groups in total. The van der Waals surface area contributed by atoms with Crippen LogP contribution in [0, 0.1) is 0 Å². The predicted octanol–water partition coefficient (Wildman–Crippen LogP) is 4.23. The quantitative estimate of drug-likeness (QED) is 0.826. The van der Waals surface area contributed by atoms with Crippen LogP contribution in [0.4, 0.5) is 0 Å². The van der Waals surface area contributed by atoms with Gasteiger partial charge in [-0.25, -0.2) is 0 Å². The first-order valence-corrected chi connectivity index (χ1v) is 7.74. The molecule has 1 heterocycles. The van der Waals surface area contributed by atoms with Gasteiger partial charge in [-0.2, -0.15) is 0 Å². The van der Waals surface area contributed by atoms with E-state index in [0.29, 0.717) is 12.5 Å². The van der Waals surface area contributed by atoms with Crippen LogP contribution in [0.5, 0.6) is 5.75 Å². The van der Waals surface area contributed by atoms with Gasteiger partial charge in [0.2, 0.25) is 0 Å². The standard InChI is InChI=1S/C18H23NO2/c1-13(2)17-5-3-4-6-18(17)21-12-16-9-14(11-20-16)10-19-15-7-8-15/h3-6,9,11,13,15,19H,7-8,10,12H2,1-2H3. The average Bonchev–Trinajstić information content (AvgIpc) is 3.21. The summed E-state index contributed by atoms with van der Waals surface area (Å²) >= 11 is 0. The second-order valence-electron chi connectivity index (χ2n) is 6.06. The molecule has 3 rings (SSSR count). The molecule has 1 aliphatic carbocycles. The molecule has 2 aromatic rings. The first kappa shape index (κ1) is 14.2. The molecule has 112 valence electrons. The molecular weight excluding hydrogens is 262 g/mol. The summed E-state index contributed by atoms with van der Waals surface area (Å²) < 4.78 is 11.5. The van der Waals surface area contributed by atoms with Gasteiger partial charge >= 0.3 is 0 Å². The number of hydrogen-bond donors (Lipinski definition) is 1. The molecule has 0 aliphatic heterocycles. The lowest BCUT2D eigenvalue weighted by Gasteiger charge is -2.12. The summed E-state index contributed by atoms with van der Waals surface area (Å²) in [5.41, 5.74) is 2.43. The van der Waals surface area contributed by atoms with Crippen molar-refractivity contribution in [2.24, 2.45) is 0 Å². The molecule has 1 aromatic heterocycles. The second kappa shape index (κ2) is 6.35. The minimum absolute atomic E-state index is 0.455. The van der Waals surface area contributed by atoms with Crippen molar-refractivity contribution < 1.29 is 9.15 Å². The Balaban J connectivity index is 1.57. The fraction of sp³-hybridized carbons (Fsp3) is 0.444. The Morgan fingerprint density at radius 2 is 2.10 bits per heavy atom. The van der Waals surface area contributed by atoms with Crippen LogP contribution in [0.15, 0.2) is 41.0 Å². The minimum atomic E-state index is 0.455. The van der Waals surface area contributed by atoms with E-state index >= 15 is 0 Å². The van der Waals surface area contributed by atoms with Crippen molar-refractivity contribution >= 4 is 0 Å². The third-order valence-corrected chi connectivity index (χ3v) is 3.79. The topological polar surface area (TPSA) is 34.4 Å². The highest BCUT2D eigenvalue weighted by Gasteiger charge is 2.20. The van der Waals surface area contributed by atoms with E-state index in [1.807, 2.05) is 18.4 Å². The zero-order valence-corrected chi connectivity index (χ0v) is 12.8. The summed E-state index contributed by atoms with van der Waals surface area (Å²) in [6.07, 6.45) is 4.43. The molecule has 3 heteroatoms. The van der Waals surface area contributed by atoms with E-state index in [1.54, 1.807) is 0 Å². The van der Waals surface area contributed by atoms with E-state index in [0.717, 1.165) is 24.1 Å². The smallest absolute Gasteiger partial charge is 0.146 e. The zero-order chi connectivity index (χ0) is 14.7. The summed E-state index contributed by atoms with van der Waals surface area (Å²) in [4.78, 5) is 0. The number of benzene rings is 1. The zero-order valence-electron chi connectivity index (χ0n) is 12.8. The normalized spacial score (nSPS) is 14.6. The fourth-order valence-corrected chi connectivity index (χ4v) is 2.38. The first-order chi connectivity index (χ1) is 10.2. The summed E-state index contributed by atoms with van der Waals surface area (Å²) in [5.74, 6) is 2.28. The molecule has 1 saturated carbocycles. The predicted molar refractivity (Wildman–Crippen MR) is 83.4 cm³/mol. The lowest BCUT2D eigenvalue weighted by atomic mass is 10.0. The van der Waals surface area contributed by atoms with Gasteiger partial charge in [0.05, 0.1) is 6.26 Å². The summed E-state index contributed by atoms with van der Waals surface area (Å²) in [7, 11) is 0. The van der Waals surface area contributed by atoms with E-state index in [1.165, 1.54) is 24.0 Å². The van der Waals surface area contributed by atoms with Crippen LogP contribution in [0.3, 0.4) is 0 Å². The summed E-state index contributed by atoms with van der Waals surface area (Å²) in [6, 6.07) is 11.0. The maximum absolute atomic E-state index is 5.92. The fourth-order valence-electron chi connectivity index (χ4n) is 2.38. The van der Waals surface area contributed by atoms with Crippen molar-refractivity contribution in [3.05, 3.63) is 53.5 Å². The Kier molecular flexibility index (Phi) is 4.30. The van der Waals surface area contributed by atoms with E-state index in [2.05, 4.69) is 37.4 Å². The Bertz CT molecular complexity index is 584. The van der Waals surface area contributed by atoms with Crippen LogP contribution >= 0.6 is 0 Å². The highest BCUT2D eigenvalue weighted by atomic mass is 16.5. The van der Waals surface area contributed by atoms with Gasteiger partial charge in [-0.1, -0.05) is 32.0 Å². The molecule has 0 saturated heterocycles. The van der Waals surface area contributed by atoms with Crippen LogP contribution in [-0.2, 0) is 13.2 Å². The number of ether oxygens (including phenoxy) is 1. The first-order valence-electron chi connectivity index (χ1n) is 7.74. The number of nitrogens with one attached hydrogen (secondary N) is 1. The lowest BCUT2D eigenvalue weighted by molar-refractivity contribution is 0.267. The van der Waals surface area contributed by atoms with Crippen molar-refractivity contribution in [3.8, 4) is 5.75 Å². The molecule has 1 aliphatic rings. The van der Waals surface area contributed by atoms with Gasteiger partial charge in [0.1, 0.15) is 18.1 Å². The molecule has 0 radical (unpaired) electrons. The van der Waals surface area contributed by atoms with E-state index in [-0.39, 0.29) is 0 Å². The molecular formula is C18H23NO2. The van der Waals surface area contributed by atoms with Gasteiger partial charge in [0.25, 0.3) is 0 Å². The summed E-state index contributed by atoms with van der Waals surface area (Å²) in [5, 5.41) is 3.48. The maximum Gasteiger partial charge on any atom is 0.146 e. The Labute approximate surface area is 126 Å². The Morgan fingerprint density at radius 3 is 2.86 bits per heavy atom. The molecule has 0 atom stereocenters. The van der Waals surface area contributed by atoms with Crippen LogP contribution in [0.1, 0.15) is 49.5 Å². The highest BCUT2D eigenvalue weighted by molar-refractivity contribution is 5.35. The largest absolute Gasteiger partial charge is 0.485 e. The van der Waals surface area contributed by atoms with E-state index in [9.17, 15) is 0 Å². The SMILES string of the molecule is CC(C)c1ccccc1OCc1cc(CNC2CC2)co1.